The number of rotatable bonds is 9. The third kappa shape index (κ3) is 7.94. The first-order valence-electron chi connectivity index (χ1n) is 24.7. The molecule has 0 atom stereocenters. The summed E-state index contributed by atoms with van der Waals surface area (Å²) in [6, 6.07) is 99.0. The highest BCUT2D eigenvalue weighted by molar-refractivity contribution is 6.13. The predicted octanol–water partition coefficient (Wildman–Crippen LogP) is 19.0. The van der Waals surface area contributed by atoms with Crippen LogP contribution in [0, 0.1) is 0 Å². The topological polar surface area (TPSA) is 13.1 Å². The normalized spacial score (nSPS) is 11.2. The lowest BCUT2D eigenvalue weighted by molar-refractivity contribution is 1.18. The fraction of sp³-hybridized carbons (Fsp3) is 0.0294. The largest absolute Gasteiger partial charge is 0.311 e. The van der Waals surface area contributed by atoms with Gasteiger partial charge >= 0.3 is 0 Å². The molecule has 0 fully saturated rings. The molecule has 71 heavy (non-hydrogen) atoms. The molecule has 0 aliphatic heterocycles. The molecule has 0 saturated heterocycles. The Labute approximate surface area is 415 Å². The van der Waals surface area contributed by atoms with E-state index in [1.165, 1.54) is 82.6 Å². The molecule has 3 heteroatoms. The van der Waals surface area contributed by atoms with Crippen LogP contribution in [0.4, 0.5) is 17.1 Å². The minimum Gasteiger partial charge on any atom is -0.311 e. The Hall–Kier alpha value is -9.18. The summed E-state index contributed by atoms with van der Waals surface area (Å²) in [7, 11) is 0. The summed E-state index contributed by atoms with van der Waals surface area (Å²) in [5, 5.41) is 4.94. The SMILES string of the molecule is CC.c1ccc(-c2ccc(N(c3ccc(-c4ccccc4)cc3)c3ccc(-c4ccc5c(c4)c4cc(-c6ccc7c(c6)c6ccccc6n7-c6ccccc6)ccc4n5-c4ccccc4)cc3)cc2)cc1. The number of para-hydroxylation sites is 3. The minimum atomic E-state index is 1.09. The Balaban J connectivity index is 0.00000256. The van der Waals surface area contributed by atoms with E-state index >= 15 is 0 Å². The van der Waals surface area contributed by atoms with Crippen LogP contribution in [0.5, 0.6) is 0 Å². The molecule has 0 spiro atoms. The van der Waals surface area contributed by atoms with Crippen molar-refractivity contribution in [2.75, 3.05) is 4.90 Å². The number of fused-ring (bicyclic) bond motifs is 6. The van der Waals surface area contributed by atoms with Crippen molar-refractivity contribution in [2.24, 2.45) is 0 Å². The molecule has 13 rings (SSSR count). The van der Waals surface area contributed by atoms with Gasteiger partial charge in [0.1, 0.15) is 0 Å². The number of hydrogen-bond acceptors (Lipinski definition) is 1. The molecule has 338 valence electrons. The Morgan fingerprint density at radius 1 is 0.225 bits per heavy atom. The van der Waals surface area contributed by atoms with Crippen LogP contribution in [0.15, 0.2) is 273 Å². The van der Waals surface area contributed by atoms with Gasteiger partial charge in [-0.1, -0.05) is 184 Å². The summed E-state index contributed by atoms with van der Waals surface area (Å²) >= 11 is 0. The van der Waals surface area contributed by atoms with Gasteiger partial charge in [0, 0.05) is 50.0 Å². The summed E-state index contributed by atoms with van der Waals surface area (Å²) in [5.74, 6) is 0. The number of benzene rings is 11. The van der Waals surface area contributed by atoms with Gasteiger partial charge in [-0.25, -0.2) is 0 Å². The molecule has 0 N–H and O–H groups in total. The molecule has 0 radical (unpaired) electrons. The van der Waals surface area contributed by atoms with Crippen molar-refractivity contribution in [3.05, 3.63) is 273 Å². The van der Waals surface area contributed by atoms with E-state index in [1.54, 1.807) is 0 Å². The lowest BCUT2D eigenvalue weighted by Gasteiger charge is -2.26. The average molecular weight is 910 g/mol. The highest BCUT2D eigenvalue weighted by Crippen LogP contribution is 2.41. The third-order valence-electron chi connectivity index (χ3n) is 13.7. The zero-order chi connectivity index (χ0) is 47.7. The first kappa shape index (κ1) is 43.1. The summed E-state index contributed by atoms with van der Waals surface area (Å²) in [6.45, 7) is 4.00. The molecule has 3 nitrogen and oxygen atoms in total. The van der Waals surface area contributed by atoms with Gasteiger partial charge in [-0.05, 0) is 148 Å². The van der Waals surface area contributed by atoms with Crippen LogP contribution in [-0.4, -0.2) is 9.13 Å². The van der Waals surface area contributed by atoms with Gasteiger partial charge in [0.25, 0.3) is 0 Å². The Morgan fingerprint density at radius 2 is 0.493 bits per heavy atom. The number of nitrogens with zero attached hydrogens (tertiary/aromatic N) is 3. The number of anilines is 3. The van der Waals surface area contributed by atoms with Crippen molar-refractivity contribution in [1.29, 1.82) is 0 Å². The van der Waals surface area contributed by atoms with Gasteiger partial charge in [0.05, 0.1) is 22.1 Å². The quantitative estimate of drug-likeness (QED) is 0.141. The third-order valence-corrected chi connectivity index (χ3v) is 13.7. The maximum atomic E-state index is 2.40. The molecule has 0 bridgehead atoms. The van der Waals surface area contributed by atoms with E-state index in [9.17, 15) is 0 Å². The smallest absolute Gasteiger partial charge is 0.0541 e. The van der Waals surface area contributed by atoms with Crippen molar-refractivity contribution in [1.82, 2.24) is 9.13 Å². The van der Waals surface area contributed by atoms with E-state index in [1.807, 2.05) is 13.8 Å². The van der Waals surface area contributed by atoms with E-state index in [-0.39, 0.29) is 0 Å². The van der Waals surface area contributed by atoms with E-state index in [0.29, 0.717) is 0 Å². The molecule has 2 heterocycles. The minimum absolute atomic E-state index is 1.09. The van der Waals surface area contributed by atoms with Crippen LogP contribution in [0.1, 0.15) is 13.8 Å². The zero-order valence-electron chi connectivity index (χ0n) is 39.8. The predicted molar refractivity (Wildman–Crippen MR) is 303 cm³/mol. The summed E-state index contributed by atoms with van der Waals surface area (Å²) in [6.07, 6.45) is 0. The van der Waals surface area contributed by atoms with Crippen molar-refractivity contribution in [3.63, 3.8) is 0 Å². The summed E-state index contributed by atoms with van der Waals surface area (Å²) in [5.41, 5.74) is 19.9. The molecular weight excluding hydrogens is 859 g/mol. The zero-order valence-corrected chi connectivity index (χ0v) is 39.8. The highest BCUT2D eigenvalue weighted by atomic mass is 15.1. The molecule has 0 aliphatic rings. The number of hydrogen-bond donors (Lipinski definition) is 0. The van der Waals surface area contributed by atoms with E-state index in [2.05, 4.69) is 287 Å². The lowest BCUT2D eigenvalue weighted by Crippen LogP contribution is -2.09. The average Bonchev–Trinajstić information content (AvgIpc) is 3.97. The van der Waals surface area contributed by atoms with Gasteiger partial charge in [0.15, 0.2) is 0 Å². The van der Waals surface area contributed by atoms with Crippen LogP contribution < -0.4 is 4.90 Å². The Bertz CT molecular complexity index is 3860. The second-order valence-electron chi connectivity index (χ2n) is 17.8. The molecule has 0 saturated carbocycles. The fourth-order valence-corrected chi connectivity index (χ4v) is 10.4. The van der Waals surface area contributed by atoms with E-state index in [0.717, 1.165) is 34.0 Å². The maximum Gasteiger partial charge on any atom is 0.0541 e. The van der Waals surface area contributed by atoms with Crippen molar-refractivity contribution >= 4 is 60.7 Å². The van der Waals surface area contributed by atoms with Crippen LogP contribution in [0.3, 0.4) is 0 Å². The van der Waals surface area contributed by atoms with Crippen molar-refractivity contribution in [2.45, 2.75) is 13.8 Å². The van der Waals surface area contributed by atoms with Gasteiger partial charge in [-0.3, -0.25) is 0 Å². The molecule has 0 amide bonds. The van der Waals surface area contributed by atoms with Crippen LogP contribution in [0.25, 0.3) is 99.5 Å². The lowest BCUT2D eigenvalue weighted by atomic mass is 9.99. The highest BCUT2D eigenvalue weighted by Gasteiger charge is 2.18. The molecule has 11 aromatic carbocycles. The van der Waals surface area contributed by atoms with Crippen molar-refractivity contribution < 1.29 is 0 Å². The molecule has 0 aliphatic carbocycles. The standard InChI is InChI=1S/C66H45N3.C2H6/c1-5-15-46(16-6-1)48-25-34-56(35-26-48)67(57-36-27-49(28-37-57)47-17-7-2-8-18-47)58-38-29-50(30-39-58)51-31-40-65-61(43-51)62-45-53(33-42-66(62)69(65)55-21-11-4-12-22-55)52-32-41-64-60(44-52)59-23-13-14-24-63(59)68(64)54-19-9-3-10-20-54;1-2/h1-45H;1-2H3. The first-order valence-corrected chi connectivity index (χ1v) is 24.7. The summed E-state index contributed by atoms with van der Waals surface area (Å²) in [4.78, 5) is 2.35. The second kappa shape index (κ2) is 18.7. The van der Waals surface area contributed by atoms with Gasteiger partial charge in [-0.2, -0.15) is 0 Å². The second-order valence-corrected chi connectivity index (χ2v) is 17.8. The number of aromatic nitrogens is 2. The molecule has 0 unspecified atom stereocenters. The molecule has 13 aromatic rings. The van der Waals surface area contributed by atoms with E-state index < -0.39 is 0 Å². The van der Waals surface area contributed by atoms with Crippen molar-refractivity contribution in [3.8, 4) is 55.9 Å². The van der Waals surface area contributed by atoms with Crippen LogP contribution >= 0.6 is 0 Å². The van der Waals surface area contributed by atoms with Gasteiger partial charge in [0.2, 0.25) is 0 Å². The first-order chi connectivity index (χ1) is 35.2. The van der Waals surface area contributed by atoms with Gasteiger partial charge in [-0.15, -0.1) is 0 Å². The Kier molecular flexibility index (Phi) is 11.4. The summed E-state index contributed by atoms with van der Waals surface area (Å²) < 4.78 is 4.78. The van der Waals surface area contributed by atoms with Crippen LogP contribution in [0.2, 0.25) is 0 Å². The monoisotopic (exact) mass is 909 g/mol. The molecule has 2 aromatic heterocycles. The maximum absolute atomic E-state index is 2.40. The van der Waals surface area contributed by atoms with E-state index in [4.69, 9.17) is 0 Å². The Morgan fingerprint density at radius 3 is 0.887 bits per heavy atom. The van der Waals surface area contributed by atoms with Crippen LogP contribution in [-0.2, 0) is 0 Å². The van der Waals surface area contributed by atoms with Gasteiger partial charge < -0.3 is 14.0 Å². The fourth-order valence-electron chi connectivity index (χ4n) is 10.4. The molecular formula is C68H51N3.